The predicted molar refractivity (Wildman–Crippen MR) is 127 cm³/mol. The summed E-state index contributed by atoms with van der Waals surface area (Å²) in [5, 5.41) is 14.1. The van der Waals surface area contributed by atoms with Crippen LogP contribution in [0.15, 0.2) is 65.3 Å². The van der Waals surface area contributed by atoms with E-state index in [2.05, 4.69) is 65.7 Å². The molecule has 0 saturated heterocycles. The SMILES string of the molecule is CC/C=C(/COc1ccc(OC(CCC)CCc2nn[nH]n2)cc1)N=C1C=CC=CC1C. The molecule has 2 unspecified atom stereocenters. The lowest BCUT2D eigenvalue weighted by Gasteiger charge is -2.18. The molecule has 0 amide bonds. The van der Waals surface area contributed by atoms with Crippen LogP contribution in [0.5, 0.6) is 11.5 Å². The molecule has 1 aliphatic rings. The number of allylic oxidation sites excluding steroid dienone is 5. The average Bonchev–Trinajstić information content (AvgIpc) is 3.32. The van der Waals surface area contributed by atoms with Gasteiger partial charge in [0.25, 0.3) is 0 Å². The molecule has 1 aromatic carbocycles. The van der Waals surface area contributed by atoms with Gasteiger partial charge in [-0.2, -0.15) is 5.21 Å². The number of aromatic amines is 1. The molecular weight excluding hydrogens is 402 g/mol. The maximum absolute atomic E-state index is 6.20. The molecule has 1 aromatic heterocycles. The molecule has 2 atom stereocenters. The standard InChI is InChI=1S/C25H33N5O2/c1-4-8-20(26-24-11-7-6-10-19(24)3)18-31-21-12-14-23(15-13-21)32-22(9-5-2)16-17-25-27-29-30-28-25/h6-8,10-15,19,22H,4-5,9,16-18H2,1-3H3,(H,27,28,29,30)/b20-8-,26-24?. The fraction of sp³-hybridized carbons (Fsp3) is 0.440. The summed E-state index contributed by atoms with van der Waals surface area (Å²) in [6, 6.07) is 7.80. The summed E-state index contributed by atoms with van der Waals surface area (Å²) in [6.45, 7) is 6.85. The van der Waals surface area contributed by atoms with Gasteiger partial charge < -0.3 is 9.47 Å². The maximum Gasteiger partial charge on any atom is 0.174 e. The van der Waals surface area contributed by atoms with Crippen molar-refractivity contribution in [3.05, 3.63) is 66.2 Å². The Hall–Kier alpha value is -3.22. The van der Waals surface area contributed by atoms with Crippen molar-refractivity contribution in [2.24, 2.45) is 10.9 Å². The Balaban J connectivity index is 1.54. The van der Waals surface area contributed by atoms with Gasteiger partial charge in [-0.25, -0.2) is 0 Å². The van der Waals surface area contributed by atoms with E-state index in [1.165, 1.54) is 0 Å². The molecule has 0 spiro atoms. The number of ether oxygens (including phenoxy) is 2. The molecular formula is C25H33N5O2. The van der Waals surface area contributed by atoms with Gasteiger partial charge in [0.2, 0.25) is 0 Å². The Bertz CT molecular complexity index is 930. The predicted octanol–water partition coefficient (Wildman–Crippen LogP) is 5.26. The minimum absolute atomic E-state index is 0.111. The van der Waals surface area contributed by atoms with E-state index in [0.717, 1.165) is 55.0 Å². The Morgan fingerprint density at radius 3 is 2.66 bits per heavy atom. The topological polar surface area (TPSA) is 85.3 Å². The number of benzene rings is 1. The van der Waals surface area contributed by atoms with E-state index in [9.17, 15) is 0 Å². The summed E-state index contributed by atoms with van der Waals surface area (Å²) in [5.41, 5.74) is 2.00. The summed E-state index contributed by atoms with van der Waals surface area (Å²) in [7, 11) is 0. The zero-order chi connectivity index (χ0) is 22.6. The van der Waals surface area contributed by atoms with Crippen molar-refractivity contribution >= 4 is 5.71 Å². The van der Waals surface area contributed by atoms with E-state index >= 15 is 0 Å². The highest BCUT2D eigenvalue weighted by molar-refractivity contribution is 5.99. The molecule has 0 saturated carbocycles. The van der Waals surface area contributed by atoms with Gasteiger partial charge in [-0.05, 0) is 49.6 Å². The van der Waals surface area contributed by atoms with Crippen LogP contribution in [0.3, 0.4) is 0 Å². The van der Waals surface area contributed by atoms with Crippen molar-refractivity contribution < 1.29 is 9.47 Å². The summed E-state index contributed by atoms with van der Waals surface area (Å²) in [4.78, 5) is 4.81. The molecule has 7 nitrogen and oxygen atoms in total. The summed E-state index contributed by atoms with van der Waals surface area (Å²) in [5.74, 6) is 2.66. The van der Waals surface area contributed by atoms with E-state index in [0.29, 0.717) is 18.3 Å². The van der Waals surface area contributed by atoms with E-state index in [-0.39, 0.29) is 6.10 Å². The molecule has 1 N–H and O–H groups in total. The summed E-state index contributed by atoms with van der Waals surface area (Å²) >= 11 is 0. The lowest BCUT2D eigenvalue weighted by Crippen LogP contribution is -2.17. The first kappa shape index (κ1) is 23.4. The number of hydrogen-bond acceptors (Lipinski definition) is 6. The van der Waals surface area contributed by atoms with Gasteiger partial charge in [0, 0.05) is 18.1 Å². The van der Waals surface area contributed by atoms with Crippen molar-refractivity contribution in [3.63, 3.8) is 0 Å². The monoisotopic (exact) mass is 435 g/mol. The number of aliphatic imine (C=N–C) groups is 1. The van der Waals surface area contributed by atoms with Gasteiger partial charge in [-0.3, -0.25) is 4.99 Å². The molecule has 0 fully saturated rings. The van der Waals surface area contributed by atoms with Crippen LogP contribution in [0.1, 0.15) is 52.3 Å². The minimum atomic E-state index is 0.111. The largest absolute Gasteiger partial charge is 0.490 e. The van der Waals surface area contributed by atoms with Crippen LogP contribution >= 0.6 is 0 Å². The van der Waals surface area contributed by atoms with Crippen LogP contribution < -0.4 is 9.47 Å². The maximum atomic E-state index is 6.20. The number of rotatable bonds is 12. The Morgan fingerprint density at radius 1 is 1.16 bits per heavy atom. The van der Waals surface area contributed by atoms with Gasteiger partial charge in [0.15, 0.2) is 5.82 Å². The van der Waals surface area contributed by atoms with Crippen LogP contribution in [0.25, 0.3) is 0 Å². The smallest absolute Gasteiger partial charge is 0.174 e. The molecule has 1 heterocycles. The highest BCUT2D eigenvalue weighted by Crippen LogP contribution is 2.22. The Kier molecular flexibility index (Phi) is 9.22. The molecule has 7 heteroatoms. The molecule has 1 aliphatic carbocycles. The lowest BCUT2D eigenvalue weighted by atomic mass is 10.0. The quantitative estimate of drug-likeness (QED) is 0.492. The molecule has 2 aromatic rings. The van der Waals surface area contributed by atoms with Gasteiger partial charge in [0.1, 0.15) is 18.1 Å². The zero-order valence-electron chi connectivity index (χ0n) is 19.2. The molecule has 3 rings (SSSR count). The highest BCUT2D eigenvalue weighted by atomic mass is 16.5. The normalized spacial score (nSPS) is 18.2. The van der Waals surface area contributed by atoms with E-state index < -0.39 is 0 Å². The second kappa shape index (κ2) is 12.6. The van der Waals surface area contributed by atoms with Crippen molar-refractivity contribution in [1.82, 2.24) is 20.6 Å². The molecule has 0 bridgehead atoms. The number of aromatic nitrogens is 4. The van der Waals surface area contributed by atoms with Crippen molar-refractivity contribution in [3.8, 4) is 11.5 Å². The molecule has 170 valence electrons. The average molecular weight is 436 g/mol. The zero-order valence-corrected chi connectivity index (χ0v) is 19.2. The van der Waals surface area contributed by atoms with E-state index in [4.69, 9.17) is 14.5 Å². The van der Waals surface area contributed by atoms with E-state index in [1.54, 1.807) is 0 Å². The Labute approximate surface area is 190 Å². The third kappa shape index (κ3) is 7.48. The minimum Gasteiger partial charge on any atom is -0.490 e. The Morgan fingerprint density at radius 2 is 1.97 bits per heavy atom. The van der Waals surface area contributed by atoms with Crippen LogP contribution in [-0.2, 0) is 6.42 Å². The van der Waals surface area contributed by atoms with Crippen LogP contribution in [-0.4, -0.2) is 39.0 Å². The van der Waals surface area contributed by atoms with Gasteiger partial charge in [-0.15, -0.1) is 10.2 Å². The highest BCUT2D eigenvalue weighted by Gasteiger charge is 2.12. The van der Waals surface area contributed by atoms with Gasteiger partial charge >= 0.3 is 0 Å². The third-order valence-corrected chi connectivity index (χ3v) is 5.16. The summed E-state index contributed by atoms with van der Waals surface area (Å²) < 4.78 is 12.2. The number of nitrogens with zero attached hydrogens (tertiary/aromatic N) is 4. The first-order valence-corrected chi connectivity index (χ1v) is 11.4. The van der Waals surface area contributed by atoms with Gasteiger partial charge in [0.05, 0.1) is 11.8 Å². The summed E-state index contributed by atoms with van der Waals surface area (Å²) in [6.07, 6.45) is 15.0. The van der Waals surface area contributed by atoms with E-state index in [1.807, 2.05) is 30.3 Å². The molecule has 0 aliphatic heterocycles. The number of nitrogens with one attached hydrogen (secondary N) is 1. The first-order chi connectivity index (χ1) is 15.7. The van der Waals surface area contributed by atoms with Crippen LogP contribution in [0, 0.1) is 5.92 Å². The third-order valence-electron chi connectivity index (χ3n) is 5.16. The fourth-order valence-corrected chi connectivity index (χ4v) is 3.44. The second-order valence-electron chi connectivity index (χ2n) is 7.83. The van der Waals surface area contributed by atoms with Gasteiger partial charge in [-0.1, -0.05) is 56.7 Å². The number of hydrogen-bond donors (Lipinski definition) is 1. The van der Waals surface area contributed by atoms with Crippen molar-refractivity contribution in [1.29, 1.82) is 0 Å². The lowest BCUT2D eigenvalue weighted by molar-refractivity contribution is 0.179. The number of tetrazole rings is 1. The number of H-pyrrole nitrogens is 1. The van der Waals surface area contributed by atoms with Crippen molar-refractivity contribution in [2.75, 3.05) is 6.61 Å². The second-order valence-corrected chi connectivity index (χ2v) is 7.83. The van der Waals surface area contributed by atoms with Crippen LogP contribution in [0.4, 0.5) is 0 Å². The fourth-order valence-electron chi connectivity index (χ4n) is 3.44. The van der Waals surface area contributed by atoms with Crippen molar-refractivity contribution in [2.45, 2.75) is 59.0 Å². The molecule has 0 radical (unpaired) electrons. The molecule has 32 heavy (non-hydrogen) atoms. The number of aryl methyl sites for hydroxylation is 1. The van der Waals surface area contributed by atoms with Crippen LogP contribution in [0.2, 0.25) is 0 Å². The first-order valence-electron chi connectivity index (χ1n) is 11.4.